The summed E-state index contributed by atoms with van der Waals surface area (Å²) < 4.78 is 35.0. The maximum absolute atomic E-state index is 12.5. The minimum Gasteiger partial charge on any atom is -0.497 e. The number of carbonyl (C=O) groups is 2. The molecule has 2 aromatic carbocycles. The normalized spacial score (nSPS) is 10.9. The maximum atomic E-state index is 12.5. The number of benzene rings is 2. The van der Waals surface area contributed by atoms with Gasteiger partial charge in [0.05, 0.1) is 42.4 Å². The Hall–Kier alpha value is -2.78. The number of carbonyl (C=O) groups excluding carboxylic acids is 2. The van der Waals surface area contributed by atoms with E-state index in [2.05, 4.69) is 10.1 Å². The fraction of sp³-hybridized carbons (Fsp3) is 0.222. The molecule has 0 spiro atoms. The molecule has 0 fully saturated rings. The van der Waals surface area contributed by atoms with E-state index in [0.717, 1.165) is 10.6 Å². The van der Waals surface area contributed by atoms with E-state index < -0.39 is 28.4 Å². The van der Waals surface area contributed by atoms with Crippen LogP contribution in [0.3, 0.4) is 0 Å². The highest BCUT2D eigenvalue weighted by Crippen LogP contribution is 2.25. The van der Waals surface area contributed by atoms with E-state index in [9.17, 15) is 18.0 Å². The molecule has 1 N–H and O–H groups in total. The highest BCUT2D eigenvalue weighted by atomic mass is 35.5. The van der Waals surface area contributed by atoms with Crippen LogP contribution in [0.2, 0.25) is 5.02 Å². The van der Waals surface area contributed by atoms with Gasteiger partial charge in [-0.25, -0.2) is 13.2 Å². The molecule has 0 saturated heterocycles. The molecule has 0 saturated carbocycles. The summed E-state index contributed by atoms with van der Waals surface area (Å²) in [6.45, 7) is -0.495. The van der Waals surface area contributed by atoms with Crippen molar-refractivity contribution in [2.75, 3.05) is 36.6 Å². The summed E-state index contributed by atoms with van der Waals surface area (Å²) in [6, 6.07) is 10.5. The zero-order valence-corrected chi connectivity index (χ0v) is 17.0. The average molecular weight is 427 g/mol. The highest BCUT2D eigenvalue weighted by molar-refractivity contribution is 7.92. The molecule has 0 heterocycles. The molecule has 1 amide bonds. The van der Waals surface area contributed by atoms with E-state index in [1.807, 2.05) is 0 Å². The maximum Gasteiger partial charge on any atom is 0.337 e. The van der Waals surface area contributed by atoms with Gasteiger partial charge in [-0.15, -0.1) is 0 Å². The number of nitrogens with one attached hydrogen (secondary N) is 1. The topological polar surface area (TPSA) is 102 Å². The number of rotatable bonds is 7. The summed E-state index contributed by atoms with van der Waals surface area (Å²) in [4.78, 5) is 24.1. The molecule has 0 aromatic heterocycles. The van der Waals surface area contributed by atoms with Gasteiger partial charge in [0.15, 0.2) is 0 Å². The first kappa shape index (κ1) is 21.5. The van der Waals surface area contributed by atoms with Crippen molar-refractivity contribution in [2.45, 2.75) is 0 Å². The monoisotopic (exact) mass is 426 g/mol. The van der Waals surface area contributed by atoms with E-state index in [1.165, 1.54) is 38.5 Å². The third kappa shape index (κ3) is 5.37. The molecule has 2 aromatic rings. The van der Waals surface area contributed by atoms with Crippen molar-refractivity contribution in [3.8, 4) is 5.75 Å². The largest absolute Gasteiger partial charge is 0.497 e. The average Bonchev–Trinajstić information content (AvgIpc) is 2.66. The summed E-state index contributed by atoms with van der Waals surface area (Å²) in [5, 5.41) is 2.70. The Morgan fingerprint density at radius 1 is 1.14 bits per heavy atom. The Balaban J connectivity index is 2.27. The van der Waals surface area contributed by atoms with Crippen molar-refractivity contribution < 1.29 is 27.5 Å². The summed E-state index contributed by atoms with van der Waals surface area (Å²) in [7, 11) is -1.08. The van der Waals surface area contributed by atoms with Crippen LogP contribution in [0.4, 0.5) is 11.4 Å². The van der Waals surface area contributed by atoms with Gasteiger partial charge in [0, 0.05) is 6.07 Å². The van der Waals surface area contributed by atoms with Gasteiger partial charge in [0.1, 0.15) is 12.3 Å². The van der Waals surface area contributed by atoms with E-state index in [4.69, 9.17) is 16.3 Å². The first-order valence-electron chi connectivity index (χ1n) is 7.95. The number of hydrogen-bond donors (Lipinski definition) is 1. The second kappa shape index (κ2) is 8.94. The minimum atomic E-state index is -3.76. The fourth-order valence-corrected chi connectivity index (χ4v) is 3.36. The molecule has 0 aliphatic rings. The fourth-order valence-electron chi connectivity index (χ4n) is 2.35. The van der Waals surface area contributed by atoms with Gasteiger partial charge in [-0.1, -0.05) is 17.7 Å². The van der Waals surface area contributed by atoms with E-state index >= 15 is 0 Å². The lowest BCUT2D eigenvalue weighted by Crippen LogP contribution is -2.37. The van der Waals surface area contributed by atoms with Crippen LogP contribution in [0.1, 0.15) is 10.4 Å². The van der Waals surface area contributed by atoms with Crippen LogP contribution in [0.25, 0.3) is 0 Å². The molecule has 0 atom stereocenters. The van der Waals surface area contributed by atoms with Crippen molar-refractivity contribution in [3.05, 3.63) is 53.1 Å². The van der Waals surface area contributed by atoms with Gasteiger partial charge in [0.25, 0.3) is 0 Å². The summed E-state index contributed by atoms with van der Waals surface area (Å²) in [5.41, 5.74) is 0.620. The molecule has 0 aliphatic carbocycles. The number of sulfonamides is 1. The van der Waals surface area contributed by atoms with Gasteiger partial charge < -0.3 is 14.8 Å². The Morgan fingerprint density at radius 2 is 1.86 bits per heavy atom. The lowest BCUT2D eigenvalue weighted by Gasteiger charge is -2.22. The van der Waals surface area contributed by atoms with Crippen LogP contribution in [-0.4, -0.2) is 47.3 Å². The number of ether oxygens (including phenoxy) is 2. The minimum absolute atomic E-state index is 0.161. The molecular weight excluding hydrogens is 408 g/mol. The van der Waals surface area contributed by atoms with Crippen LogP contribution in [0.5, 0.6) is 5.75 Å². The van der Waals surface area contributed by atoms with Gasteiger partial charge >= 0.3 is 5.97 Å². The number of nitrogens with zero attached hydrogens (tertiary/aromatic N) is 1. The predicted octanol–water partition coefficient (Wildman–Crippen LogP) is 2.54. The number of amides is 1. The number of methoxy groups -OCH3 is 2. The Morgan fingerprint density at radius 3 is 2.46 bits per heavy atom. The van der Waals surface area contributed by atoms with Crippen LogP contribution < -0.4 is 14.4 Å². The van der Waals surface area contributed by atoms with Crippen LogP contribution in [0.15, 0.2) is 42.5 Å². The third-order valence-electron chi connectivity index (χ3n) is 3.69. The van der Waals surface area contributed by atoms with Gasteiger partial charge in [-0.2, -0.15) is 0 Å². The quantitative estimate of drug-likeness (QED) is 0.682. The molecule has 28 heavy (non-hydrogen) atoms. The summed E-state index contributed by atoms with van der Waals surface area (Å²) in [6.07, 6.45) is 0.991. The third-order valence-corrected chi connectivity index (χ3v) is 5.16. The zero-order valence-electron chi connectivity index (χ0n) is 15.4. The lowest BCUT2D eigenvalue weighted by atomic mass is 10.2. The molecule has 8 nitrogen and oxygen atoms in total. The SMILES string of the molecule is COC(=O)c1ccc(Cl)c(NC(=O)CN(c2cccc(OC)c2)S(C)(=O)=O)c1. The lowest BCUT2D eigenvalue weighted by molar-refractivity contribution is -0.114. The Kier molecular flexibility index (Phi) is 6.87. The van der Waals surface area contributed by atoms with E-state index in [1.54, 1.807) is 18.2 Å². The number of esters is 1. The van der Waals surface area contributed by atoms with Crippen molar-refractivity contribution in [2.24, 2.45) is 0 Å². The number of anilines is 2. The predicted molar refractivity (Wildman–Crippen MR) is 107 cm³/mol. The summed E-state index contributed by atoms with van der Waals surface area (Å²) >= 11 is 6.06. The second-order valence-corrected chi connectivity index (χ2v) is 8.02. The molecule has 2 rings (SSSR count). The molecule has 0 bridgehead atoms. The molecule has 0 aliphatic heterocycles. The van der Waals surface area contributed by atoms with Crippen LogP contribution >= 0.6 is 11.6 Å². The standard InChI is InChI=1S/C18H19ClN2O6S/c1-26-14-6-4-5-13(10-14)21(28(3,24)25)11-17(22)20-16-9-12(18(23)27-2)7-8-15(16)19/h4-10H,11H2,1-3H3,(H,20,22). The zero-order chi connectivity index (χ0) is 20.9. The molecule has 10 heteroatoms. The van der Waals surface area contributed by atoms with Gasteiger partial charge in [0.2, 0.25) is 15.9 Å². The first-order valence-corrected chi connectivity index (χ1v) is 10.2. The smallest absolute Gasteiger partial charge is 0.337 e. The highest BCUT2D eigenvalue weighted by Gasteiger charge is 2.22. The Bertz CT molecular complexity index is 993. The molecule has 150 valence electrons. The van der Waals surface area contributed by atoms with Gasteiger partial charge in [-0.05, 0) is 30.3 Å². The number of hydrogen-bond acceptors (Lipinski definition) is 6. The number of halogens is 1. The van der Waals surface area contributed by atoms with Crippen molar-refractivity contribution in [1.29, 1.82) is 0 Å². The van der Waals surface area contributed by atoms with E-state index in [0.29, 0.717) is 5.75 Å². The summed E-state index contributed by atoms with van der Waals surface area (Å²) in [5.74, 6) is -0.793. The van der Waals surface area contributed by atoms with Crippen molar-refractivity contribution >= 4 is 44.9 Å². The molecule has 0 radical (unpaired) electrons. The van der Waals surface area contributed by atoms with Crippen molar-refractivity contribution in [1.82, 2.24) is 0 Å². The van der Waals surface area contributed by atoms with E-state index in [-0.39, 0.29) is 22.0 Å². The van der Waals surface area contributed by atoms with Crippen LogP contribution in [-0.2, 0) is 19.6 Å². The van der Waals surface area contributed by atoms with Crippen molar-refractivity contribution in [3.63, 3.8) is 0 Å². The van der Waals surface area contributed by atoms with Crippen LogP contribution in [0, 0.1) is 0 Å². The Labute approximate surface area is 168 Å². The first-order chi connectivity index (χ1) is 13.2. The second-order valence-electron chi connectivity index (χ2n) is 5.71. The van der Waals surface area contributed by atoms with Gasteiger partial charge in [-0.3, -0.25) is 9.10 Å². The molecular formula is C18H19ClN2O6S. The molecule has 0 unspecified atom stereocenters.